The Morgan fingerprint density at radius 3 is 1.23 bits per heavy atom. The maximum absolute atomic E-state index is 6.84. The van der Waals surface area contributed by atoms with Crippen LogP contribution in [0, 0.1) is 0 Å². The molecule has 3 heterocycles. The molecule has 1 atom stereocenters. The lowest BCUT2D eigenvalue weighted by Crippen LogP contribution is -2.29. The molecular weight excluding hydrogens is 1600 g/mol. The highest BCUT2D eigenvalue weighted by atomic mass is 16.3. The number of para-hydroxylation sites is 2. The molecule has 21 aromatic carbocycles. The van der Waals surface area contributed by atoms with Gasteiger partial charge in [-0.3, -0.25) is 0 Å². The first-order chi connectivity index (χ1) is 65.2. The minimum atomic E-state index is -0.817. The summed E-state index contributed by atoms with van der Waals surface area (Å²) < 4.78 is 20.1. The molecule has 5 heteroatoms. The van der Waals surface area contributed by atoms with Gasteiger partial charge >= 0.3 is 0 Å². The lowest BCUT2D eigenvalue weighted by molar-refractivity contribution is 0.661. The van der Waals surface area contributed by atoms with Gasteiger partial charge in [-0.25, -0.2) is 0 Å². The van der Waals surface area contributed by atoms with Gasteiger partial charge in [0.1, 0.15) is 33.5 Å². The number of anilines is 6. The van der Waals surface area contributed by atoms with E-state index in [4.69, 9.17) is 13.3 Å². The van der Waals surface area contributed by atoms with E-state index in [1.165, 1.54) is 88.7 Å². The molecule has 0 saturated carbocycles. The Hall–Kier alpha value is -16.9. The van der Waals surface area contributed by atoms with Crippen molar-refractivity contribution in [2.75, 3.05) is 9.80 Å². The van der Waals surface area contributed by atoms with Gasteiger partial charge in [-0.15, -0.1) is 0 Å². The minimum absolute atomic E-state index is 0.356. The number of hydrogen-bond donors (Lipinski definition) is 0. The standard InChI is InChI=1S/C127H82N2O3/c1-125(2)108-44-21-16-40-97(108)101-43-26-50-116(124(101)125)128(93-62-54-80(55-63-93)86-56-65-100-99-41-20-25-51-117(99)130-120(100)77-86)114-67-57-85(70-103(114)88-59-69-119-105(74-88)107-72-82-29-13-15-31-84(82)76-122(107)132-119)79-52-60-92(61-53-79)126(89-32-6-3-7-33-89)110-46-23-18-42-102(110)123-111(126)47-27-49-115(123)129(113-48-24-19-38-95(113)87-58-68-118-104(73-87)106-71-81-28-12-14-30-83(81)75-121(106)131-118)94-64-66-98-96-39-17-22-45-109(96)127(112(98)78-94,90-34-8-4-9-35-90)91-36-10-5-11-37-91/h3-78H,1-2H3. The van der Waals surface area contributed by atoms with Crippen LogP contribution in [0.5, 0.6) is 0 Å². The molecule has 132 heavy (non-hydrogen) atoms. The van der Waals surface area contributed by atoms with Gasteiger partial charge in [0.15, 0.2) is 0 Å². The van der Waals surface area contributed by atoms with E-state index in [2.05, 4.69) is 479 Å². The van der Waals surface area contributed by atoms with Crippen molar-refractivity contribution in [3.8, 4) is 77.9 Å². The summed E-state index contributed by atoms with van der Waals surface area (Å²) in [6, 6.07) is 172. The summed E-state index contributed by atoms with van der Waals surface area (Å²) in [4.78, 5) is 5.12. The fraction of sp³-hybridized carbons (Fsp3) is 0.0394. The van der Waals surface area contributed by atoms with Crippen molar-refractivity contribution in [1.29, 1.82) is 0 Å². The summed E-state index contributed by atoms with van der Waals surface area (Å²) in [5.74, 6) is 0. The second-order valence-electron chi connectivity index (χ2n) is 36.4. The predicted octanol–water partition coefficient (Wildman–Crippen LogP) is 34.3. The molecule has 0 radical (unpaired) electrons. The average molecular weight is 1680 g/mol. The van der Waals surface area contributed by atoms with E-state index in [1.807, 2.05) is 6.07 Å². The van der Waals surface area contributed by atoms with Crippen LogP contribution in [0.1, 0.15) is 69.5 Å². The van der Waals surface area contributed by atoms with Crippen molar-refractivity contribution in [1.82, 2.24) is 0 Å². The first kappa shape index (κ1) is 75.3. The highest BCUT2D eigenvalue weighted by molar-refractivity contribution is 6.14. The molecule has 3 aliphatic carbocycles. The summed E-state index contributed by atoms with van der Waals surface area (Å²) in [7, 11) is 0. The molecule has 618 valence electrons. The van der Waals surface area contributed by atoms with Crippen LogP contribution in [0.25, 0.3) is 165 Å². The SMILES string of the molecule is CC1(C)c2ccccc2-c2cccc(N(c3ccc(-c4ccc5c(c4)oc4ccccc45)cc3)c3ccc(-c4ccc(C5(c6ccccc6)c6ccccc6-c6c(N(c7ccc8c(c7)C(c7ccccc7)(c7ccccc7)c7ccccc7-8)c7ccccc7-c7ccc8oc9cc%10ccccc%10cc9c8c7)cccc65)cc4)cc3-c3ccc4oc5cc6ccccc6cc5c4c3)c21. The monoisotopic (exact) mass is 1680 g/mol. The van der Waals surface area contributed by atoms with Crippen LogP contribution in [-0.2, 0) is 16.2 Å². The topological polar surface area (TPSA) is 45.9 Å². The third-order valence-electron chi connectivity index (χ3n) is 29.2. The van der Waals surface area contributed by atoms with Gasteiger partial charge in [0.05, 0.1) is 33.6 Å². The molecular formula is C127H82N2O3. The molecule has 0 fully saturated rings. The zero-order valence-electron chi connectivity index (χ0n) is 72.5. The maximum Gasteiger partial charge on any atom is 0.136 e. The lowest BCUT2D eigenvalue weighted by Gasteiger charge is -2.36. The summed E-state index contributed by atoms with van der Waals surface area (Å²) in [5.41, 5.74) is 37.8. The zero-order valence-corrected chi connectivity index (χ0v) is 72.5. The van der Waals surface area contributed by atoms with Gasteiger partial charge < -0.3 is 23.1 Å². The molecule has 0 spiro atoms. The van der Waals surface area contributed by atoms with E-state index in [0.717, 1.165) is 166 Å². The Morgan fingerprint density at radius 2 is 0.583 bits per heavy atom. The van der Waals surface area contributed by atoms with Crippen molar-refractivity contribution in [3.05, 3.63) is 517 Å². The van der Waals surface area contributed by atoms with E-state index in [-0.39, 0.29) is 5.41 Å². The van der Waals surface area contributed by atoms with E-state index >= 15 is 0 Å². The number of rotatable bonds is 14. The second kappa shape index (κ2) is 29.1. The highest BCUT2D eigenvalue weighted by Crippen LogP contribution is 2.64. The van der Waals surface area contributed by atoms with Gasteiger partial charge in [-0.05, 0) is 260 Å². The number of benzene rings is 21. The number of fused-ring (bicyclic) bond motifs is 20. The van der Waals surface area contributed by atoms with Crippen LogP contribution in [0.2, 0.25) is 0 Å². The average Bonchev–Trinajstić information content (AvgIpc) is 1.52. The third kappa shape index (κ3) is 11.2. The van der Waals surface area contributed by atoms with Gasteiger partial charge in [-0.1, -0.05) is 354 Å². The maximum atomic E-state index is 6.84. The van der Waals surface area contributed by atoms with E-state index < -0.39 is 10.8 Å². The van der Waals surface area contributed by atoms with Crippen molar-refractivity contribution in [2.45, 2.75) is 30.1 Å². The molecule has 27 rings (SSSR count). The summed E-state index contributed by atoms with van der Waals surface area (Å²) in [6.07, 6.45) is 0. The van der Waals surface area contributed by atoms with Crippen LogP contribution >= 0.6 is 0 Å². The Bertz CT molecular complexity index is 8840. The summed E-state index contributed by atoms with van der Waals surface area (Å²) >= 11 is 0. The van der Waals surface area contributed by atoms with Crippen molar-refractivity contribution < 1.29 is 13.3 Å². The van der Waals surface area contributed by atoms with Crippen molar-refractivity contribution in [2.24, 2.45) is 0 Å². The van der Waals surface area contributed by atoms with Crippen LogP contribution in [0.4, 0.5) is 34.1 Å². The van der Waals surface area contributed by atoms with Gasteiger partial charge in [0, 0.05) is 65.8 Å². The van der Waals surface area contributed by atoms with Gasteiger partial charge in [0.2, 0.25) is 0 Å². The second-order valence-corrected chi connectivity index (χ2v) is 36.4. The van der Waals surface area contributed by atoms with E-state index in [1.54, 1.807) is 0 Å². The zero-order chi connectivity index (χ0) is 87.1. The van der Waals surface area contributed by atoms with Crippen LogP contribution in [0.15, 0.2) is 474 Å². The Labute approximate surface area is 763 Å². The Kier molecular flexibility index (Phi) is 16.6. The number of nitrogens with zero attached hydrogens (tertiary/aromatic N) is 2. The quantitative estimate of drug-likeness (QED) is 0.109. The van der Waals surface area contributed by atoms with E-state index in [0.29, 0.717) is 0 Å². The normalized spacial score (nSPS) is 14.3. The molecule has 24 aromatic rings. The molecule has 5 nitrogen and oxygen atoms in total. The molecule has 0 amide bonds. The molecule has 3 aromatic heterocycles. The molecule has 0 saturated heterocycles. The van der Waals surface area contributed by atoms with Crippen LogP contribution in [-0.4, -0.2) is 0 Å². The lowest BCUT2D eigenvalue weighted by atomic mass is 9.67. The first-order valence-corrected chi connectivity index (χ1v) is 45.7. The smallest absolute Gasteiger partial charge is 0.136 e. The summed E-state index contributed by atoms with van der Waals surface area (Å²) in [5, 5.41) is 11.2. The molecule has 1 unspecified atom stereocenters. The molecule has 0 N–H and O–H groups in total. The molecule has 3 aliphatic rings. The summed E-state index contributed by atoms with van der Waals surface area (Å²) in [6.45, 7) is 4.79. The van der Waals surface area contributed by atoms with E-state index in [9.17, 15) is 0 Å². The van der Waals surface area contributed by atoms with Gasteiger partial charge in [-0.2, -0.15) is 0 Å². The van der Waals surface area contributed by atoms with Crippen molar-refractivity contribution in [3.63, 3.8) is 0 Å². The largest absolute Gasteiger partial charge is 0.456 e. The fourth-order valence-electron chi connectivity index (χ4n) is 23.3. The fourth-order valence-corrected chi connectivity index (χ4v) is 23.3. The first-order valence-electron chi connectivity index (χ1n) is 45.7. The molecule has 0 aliphatic heterocycles. The Balaban J connectivity index is 0.655. The van der Waals surface area contributed by atoms with Gasteiger partial charge in [0.25, 0.3) is 0 Å². The van der Waals surface area contributed by atoms with Crippen molar-refractivity contribution >= 4 is 121 Å². The Morgan fingerprint density at radius 1 is 0.189 bits per heavy atom. The minimum Gasteiger partial charge on any atom is -0.456 e. The third-order valence-corrected chi connectivity index (χ3v) is 29.2. The van der Waals surface area contributed by atoms with Crippen LogP contribution < -0.4 is 9.80 Å². The number of furan rings is 3. The molecule has 0 bridgehead atoms. The number of hydrogen-bond acceptors (Lipinski definition) is 5. The predicted molar refractivity (Wildman–Crippen MR) is 547 cm³/mol. The highest BCUT2D eigenvalue weighted by Gasteiger charge is 2.50. The van der Waals surface area contributed by atoms with Crippen LogP contribution in [0.3, 0.4) is 0 Å².